The van der Waals surface area contributed by atoms with Crippen molar-refractivity contribution in [1.29, 1.82) is 0 Å². The zero-order valence-corrected chi connectivity index (χ0v) is 11.9. The van der Waals surface area contributed by atoms with E-state index in [0.29, 0.717) is 12.1 Å². The molecule has 0 bridgehead atoms. The highest BCUT2D eigenvalue weighted by Gasteiger charge is 2.36. The van der Waals surface area contributed by atoms with Gasteiger partial charge in [-0.15, -0.1) is 5.10 Å². The van der Waals surface area contributed by atoms with Gasteiger partial charge in [-0.2, -0.15) is 31.1 Å². The van der Waals surface area contributed by atoms with Crippen LogP contribution in [-0.4, -0.2) is 31.9 Å². The molecule has 0 spiro atoms. The normalized spacial score (nSPS) is 12.5. The third-order valence-corrected chi connectivity index (χ3v) is 2.85. The number of benzene rings is 1. The van der Waals surface area contributed by atoms with E-state index in [1.165, 1.54) is 0 Å². The van der Waals surface area contributed by atoms with Gasteiger partial charge < -0.3 is 10.4 Å². The summed E-state index contributed by atoms with van der Waals surface area (Å²) in [4.78, 5) is 1.02. The zero-order valence-electron chi connectivity index (χ0n) is 11.9. The molecule has 0 fully saturated rings. The first-order valence-corrected chi connectivity index (χ1v) is 6.50. The summed E-state index contributed by atoms with van der Waals surface area (Å²) in [7, 11) is 0. The van der Waals surface area contributed by atoms with Gasteiger partial charge in [0.15, 0.2) is 0 Å². The number of halogens is 6. The van der Waals surface area contributed by atoms with E-state index in [2.05, 4.69) is 20.7 Å². The van der Waals surface area contributed by atoms with Crippen molar-refractivity contribution in [3.63, 3.8) is 0 Å². The van der Waals surface area contributed by atoms with Crippen LogP contribution in [-0.2, 0) is 25.4 Å². The minimum absolute atomic E-state index is 0.0520. The Kier molecular flexibility index (Phi) is 4.96. The molecule has 0 aliphatic carbocycles. The van der Waals surface area contributed by atoms with Crippen molar-refractivity contribution in [2.75, 3.05) is 11.9 Å². The molecule has 6 nitrogen and oxygen atoms in total. The Morgan fingerprint density at radius 3 is 2.08 bits per heavy atom. The third kappa shape index (κ3) is 4.57. The number of hydrogen-bond acceptors (Lipinski definition) is 5. The standard InChI is InChI=1S/C12H11F6N5O/c13-11(14,15)8-3-7(4-9(5-8)12(16,17)18)6-19-10-20-22-23(21-10)1-2-24/h3-5,24H,1-2,6H2,(H,19,21). The number of rotatable bonds is 5. The van der Waals surface area contributed by atoms with Crippen molar-refractivity contribution in [3.05, 3.63) is 34.9 Å². The highest BCUT2D eigenvalue weighted by Crippen LogP contribution is 2.36. The van der Waals surface area contributed by atoms with Gasteiger partial charge in [-0.3, -0.25) is 0 Å². The molecule has 0 atom stereocenters. The summed E-state index contributed by atoms with van der Waals surface area (Å²) in [6.45, 7) is -0.563. The molecule has 1 aromatic heterocycles. The maximum Gasteiger partial charge on any atom is 0.416 e. The zero-order chi connectivity index (χ0) is 18.0. The topological polar surface area (TPSA) is 75.9 Å². The van der Waals surface area contributed by atoms with E-state index in [1.807, 2.05) is 0 Å². The summed E-state index contributed by atoms with van der Waals surface area (Å²) in [5, 5.41) is 21.9. The Morgan fingerprint density at radius 1 is 1.00 bits per heavy atom. The van der Waals surface area contributed by atoms with Crippen molar-refractivity contribution in [3.8, 4) is 0 Å². The van der Waals surface area contributed by atoms with Gasteiger partial charge >= 0.3 is 12.4 Å². The molecule has 132 valence electrons. The maximum atomic E-state index is 12.7. The highest BCUT2D eigenvalue weighted by molar-refractivity contribution is 5.35. The van der Waals surface area contributed by atoms with Crippen LogP contribution in [0.2, 0.25) is 0 Å². The molecule has 0 aliphatic heterocycles. The van der Waals surface area contributed by atoms with Gasteiger partial charge in [0, 0.05) is 6.54 Å². The van der Waals surface area contributed by atoms with Crippen LogP contribution in [0, 0.1) is 0 Å². The first kappa shape index (κ1) is 18.0. The molecule has 24 heavy (non-hydrogen) atoms. The predicted molar refractivity (Wildman–Crippen MR) is 68.7 cm³/mol. The van der Waals surface area contributed by atoms with Crippen LogP contribution in [0.25, 0.3) is 0 Å². The van der Waals surface area contributed by atoms with E-state index >= 15 is 0 Å². The van der Waals surface area contributed by atoms with Crippen LogP contribution in [0.5, 0.6) is 0 Å². The Labute approximate surface area is 131 Å². The SMILES string of the molecule is OCCn1nnc(NCc2cc(C(F)(F)F)cc(C(F)(F)F)c2)n1. The Bertz CT molecular complexity index is 664. The van der Waals surface area contributed by atoms with Crippen molar-refractivity contribution in [2.45, 2.75) is 25.4 Å². The minimum atomic E-state index is -4.90. The lowest BCUT2D eigenvalue weighted by Crippen LogP contribution is -2.13. The van der Waals surface area contributed by atoms with Crippen molar-refractivity contribution < 1.29 is 31.4 Å². The van der Waals surface area contributed by atoms with Crippen LogP contribution in [0.15, 0.2) is 18.2 Å². The van der Waals surface area contributed by atoms with Gasteiger partial charge in [-0.05, 0) is 29.0 Å². The number of hydrogen-bond donors (Lipinski definition) is 2. The van der Waals surface area contributed by atoms with Gasteiger partial charge in [0.05, 0.1) is 24.3 Å². The van der Waals surface area contributed by atoms with E-state index in [4.69, 9.17) is 5.11 Å². The molecule has 1 aromatic carbocycles. The molecule has 0 amide bonds. The number of alkyl halides is 6. The molecule has 2 aromatic rings. The first-order chi connectivity index (χ1) is 11.1. The Balaban J connectivity index is 2.22. The lowest BCUT2D eigenvalue weighted by molar-refractivity contribution is -0.143. The van der Waals surface area contributed by atoms with Crippen LogP contribution in [0.1, 0.15) is 16.7 Å². The lowest BCUT2D eigenvalue weighted by Gasteiger charge is -2.14. The second kappa shape index (κ2) is 6.63. The number of aliphatic hydroxyl groups excluding tert-OH is 1. The summed E-state index contributed by atoms with van der Waals surface area (Å²) < 4.78 is 76.4. The fraction of sp³-hybridized carbons (Fsp3) is 0.417. The molecule has 1 heterocycles. The van der Waals surface area contributed by atoms with Gasteiger partial charge in [-0.1, -0.05) is 5.10 Å². The fourth-order valence-corrected chi connectivity index (χ4v) is 1.80. The summed E-state index contributed by atoms with van der Waals surface area (Å²) in [6, 6.07) is 1.28. The second-order valence-corrected chi connectivity index (χ2v) is 4.70. The summed E-state index contributed by atoms with van der Waals surface area (Å²) in [5.74, 6) is -0.0885. The van der Waals surface area contributed by atoms with Gasteiger partial charge in [-0.25, -0.2) is 0 Å². The van der Waals surface area contributed by atoms with E-state index in [0.717, 1.165) is 4.80 Å². The van der Waals surface area contributed by atoms with Crippen LogP contribution in [0.3, 0.4) is 0 Å². The largest absolute Gasteiger partial charge is 0.416 e. The van der Waals surface area contributed by atoms with Crippen LogP contribution in [0.4, 0.5) is 32.3 Å². The van der Waals surface area contributed by atoms with E-state index < -0.39 is 23.5 Å². The van der Waals surface area contributed by atoms with Gasteiger partial charge in [0.25, 0.3) is 5.95 Å². The molecule has 0 unspecified atom stereocenters. The monoisotopic (exact) mass is 355 g/mol. The molecule has 2 N–H and O–H groups in total. The minimum Gasteiger partial charge on any atom is -0.394 e. The number of tetrazole rings is 1. The smallest absolute Gasteiger partial charge is 0.394 e. The number of anilines is 1. The lowest BCUT2D eigenvalue weighted by atomic mass is 10.0. The maximum absolute atomic E-state index is 12.7. The molecular weight excluding hydrogens is 344 g/mol. The molecule has 0 saturated heterocycles. The second-order valence-electron chi connectivity index (χ2n) is 4.70. The van der Waals surface area contributed by atoms with E-state index in [-0.39, 0.29) is 37.3 Å². The molecule has 0 radical (unpaired) electrons. The van der Waals surface area contributed by atoms with Gasteiger partial charge in [0.1, 0.15) is 0 Å². The molecular formula is C12H11F6N5O. The molecule has 0 aliphatic rings. The average molecular weight is 355 g/mol. The fourth-order valence-electron chi connectivity index (χ4n) is 1.80. The summed E-state index contributed by atoms with van der Waals surface area (Å²) >= 11 is 0. The highest BCUT2D eigenvalue weighted by atomic mass is 19.4. The van der Waals surface area contributed by atoms with Crippen LogP contribution < -0.4 is 5.32 Å². The quantitative estimate of drug-likeness (QED) is 0.805. The summed E-state index contributed by atoms with van der Waals surface area (Å²) in [5.41, 5.74) is -3.03. The van der Waals surface area contributed by atoms with Crippen molar-refractivity contribution >= 4 is 5.95 Å². The first-order valence-electron chi connectivity index (χ1n) is 6.50. The predicted octanol–water partition coefficient (Wildman–Crippen LogP) is 2.32. The van der Waals surface area contributed by atoms with Crippen molar-refractivity contribution in [1.82, 2.24) is 20.2 Å². The average Bonchev–Trinajstić information content (AvgIpc) is 2.91. The Hall–Kier alpha value is -2.37. The van der Waals surface area contributed by atoms with E-state index in [1.54, 1.807) is 0 Å². The number of nitrogens with one attached hydrogen (secondary N) is 1. The number of aliphatic hydroxyl groups is 1. The number of nitrogens with zero attached hydrogens (tertiary/aromatic N) is 4. The molecule has 2 rings (SSSR count). The van der Waals surface area contributed by atoms with E-state index in [9.17, 15) is 26.3 Å². The van der Waals surface area contributed by atoms with Gasteiger partial charge in [0.2, 0.25) is 0 Å². The Morgan fingerprint density at radius 2 is 1.58 bits per heavy atom. The number of aromatic nitrogens is 4. The third-order valence-electron chi connectivity index (χ3n) is 2.85. The molecule has 0 saturated carbocycles. The summed E-state index contributed by atoms with van der Waals surface area (Å²) in [6.07, 6.45) is -9.81. The molecule has 12 heteroatoms. The van der Waals surface area contributed by atoms with Crippen molar-refractivity contribution in [2.24, 2.45) is 0 Å². The van der Waals surface area contributed by atoms with Crippen LogP contribution >= 0.6 is 0 Å².